The highest BCUT2D eigenvalue weighted by Gasteiger charge is 2.13. The molecule has 0 aliphatic heterocycles. The van der Waals surface area contributed by atoms with Gasteiger partial charge in [0.05, 0.1) is 14.2 Å². The molecule has 0 spiro atoms. The first-order valence-electron chi connectivity index (χ1n) is 8.91. The molecule has 1 amide bonds. The number of carbonyl (C=O) groups is 1. The number of benzene rings is 2. The van der Waals surface area contributed by atoms with E-state index in [0.29, 0.717) is 29.6 Å². The quantitative estimate of drug-likeness (QED) is 0.667. The van der Waals surface area contributed by atoms with E-state index in [1.165, 1.54) is 0 Å². The minimum atomic E-state index is -0.101. The van der Waals surface area contributed by atoms with Gasteiger partial charge in [-0.15, -0.1) is 0 Å². The van der Waals surface area contributed by atoms with Crippen molar-refractivity contribution in [3.8, 4) is 22.9 Å². The smallest absolute Gasteiger partial charge is 0.227 e. The third-order valence-electron chi connectivity index (χ3n) is 4.18. The first-order chi connectivity index (χ1) is 13.5. The lowest BCUT2D eigenvalue weighted by Crippen LogP contribution is -2.12. The van der Waals surface area contributed by atoms with Crippen molar-refractivity contribution in [3.05, 3.63) is 53.4 Å². The summed E-state index contributed by atoms with van der Waals surface area (Å²) in [5.74, 6) is 1.94. The molecule has 1 heterocycles. The average molecular weight is 381 g/mol. The van der Waals surface area contributed by atoms with Crippen LogP contribution in [0.5, 0.6) is 11.5 Å². The molecule has 7 nitrogen and oxygen atoms in total. The number of nitrogens with zero attached hydrogens (tertiary/aromatic N) is 2. The molecule has 1 N–H and O–H groups in total. The van der Waals surface area contributed by atoms with E-state index in [2.05, 4.69) is 21.5 Å². The van der Waals surface area contributed by atoms with Gasteiger partial charge in [-0.1, -0.05) is 11.2 Å². The molecule has 1 aromatic heterocycles. The van der Waals surface area contributed by atoms with Crippen LogP contribution in [-0.4, -0.2) is 30.3 Å². The monoisotopic (exact) mass is 381 g/mol. The highest BCUT2D eigenvalue weighted by Crippen LogP contribution is 2.31. The van der Waals surface area contributed by atoms with Gasteiger partial charge in [-0.05, 0) is 55.3 Å². The highest BCUT2D eigenvalue weighted by molar-refractivity contribution is 5.91. The van der Waals surface area contributed by atoms with E-state index in [1.54, 1.807) is 26.4 Å². The molecule has 0 unspecified atom stereocenters. The van der Waals surface area contributed by atoms with Gasteiger partial charge in [-0.3, -0.25) is 4.79 Å². The first kappa shape index (κ1) is 19.4. The molecule has 3 rings (SSSR count). The zero-order valence-electron chi connectivity index (χ0n) is 16.4. The Labute approximate surface area is 163 Å². The SMILES string of the molecule is COc1ccc(-c2noc(CCC(=O)Nc3cc(C)cc(C)c3)n2)cc1OC. The van der Waals surface area contributed by atoms with Gasteiger partial charge in [0.2, 0.25) is 17.6 Å². The minimum absolute atomic E-state index is 0.101. The number of carbonyl (C=O) groups excluding carboxylic acids is 1. The molecule has 0 aliphatic rings. The Hall–Kier alpha value is -3.35. The molecule has 0 saturated carbocycles. The Morgan fingerprint density at radius 1 is 1.04 bits per heavy atom. The van der Waals surface area contributed by atoms with Crippen molar-refractivity contribution in [2.45, 2.75) is 26.7 Å². The topological polar surface area (TPSA) is 86.5 Å². The number of hydrogen-bond acceptors (Lipinski definition) is 6. The average Bonchev–Trinajstić information content (AvgIpc) is 3.14. The Morgan fingerprint density at radius 3 is 2.43 bits per heavy atom. The predicted octanol–water partition coefficient (Wildman–Crippen LogP) is 3.94. The lowest BCUT2D eigenvalue weighted by Gasteiger charge is -2.07. The predicted molar refractivity (Wildman–Crippen MR) is 106 cm³/mol. The minimum Gasteiger partial charge on any atom is -0.493 e. The molecule has 0 aliphatic carbocycles. The summed E-state index contributed by atoms with van der Waals surface area (Å²) in [4.78, 5) is 16.6. The summed E-state index contributed by atoms with van der Waals surface area (Å²) < 4.78 is 15.8. The third kappa shape index (κ3) is 4.68. The highest BCUT2D eigenvalue weighted by atomic mass is 16.5. The van der Waals surface area contributed by atoms with Crippen molar-refractivity contribution in [1.29, 1.82) is 0 Å². The number of ether oxygens (including phenoxy) is 2. The van der Waals surface area contributed by atoms with Crippen LogP contribution in [0, 0.1) is 13.8 Å². The number of methoxy groups -OCH3 is 2. The van der Waals surface area contributed by atoms with Crippen LogP contribution in [0.1, 0.15) is 23.4 Å². The molecule has 28 heavy (non-hydrogen) atoms. The fourth-order valence-corrected chi connectivity index (χ4v) is 2.94. The molecule has 146 valence electrons. The van der Waals surface area contributed by atoms with Crippen LogP contribution in [0.25, 0.3) is 11.4 Å². The van der Waals surface area contributed by atoms with E-state index in [9.17, 15) is 4.79 Å². The molecule has 0 fully saturated rings. The van der Waals surface area contributed by atoms with E-state index >= 15 is 0 Å². The zero-order chi connectivity index (χ0) is 20.1. The Morgan fingerprint density at radius 2 is 1.75 bits per heavy atom. The van der Waals surface area contributed by atoms with Crippen LogP contribution in [-0.2, 0) is 11.2 Å². The first-order valence-corrected chi connectivity index (χ1v) is 8.91. The summed E-state index contributed by atoms with van der Waals surface area (Å²) in [6.07, 6.45) is 0.609. The largest absolute Gasteiger partial charge is 0.493 e. The maximum Gasteiger partial charge on any atom is 0.227 e. The van der Waals surface area contributed by atoms with Crippen molar-refractivity contribution >= 4 is 11.6 Å². The second kappa shape index (κ2) is 8.56. The normalized spacial score (nSPS) is 10.6. The molecule has 7 heteroatoms. The fraction of sp³-hybridized carbons (Fsp3) is 0.286. The number of hydrogen-bond donors (Lipinski definition) is 1. The van der Waals surface area contributed by atoms with Crippen molar-refractivity contribution in [2.24, 2.45) is 0 Å². The maximum atomic E-state index is 12.2. The number of amides is 1. The van der Waals surface area contributed by atoms with Gasteiger partial charge in [-0.25, -0.2) is 0 Å². The molecular formula is C21H23N3O4. The summed E-state index contributed by atoms with van der Waals surface area (Å²) >= 11 is 0. The van der Waals surface area contributed by atoms with E-state index in [4.69, 9.17) is 14.0 Å². The summed E-state index contributed by atoms with van der Waals surface area (Å²) in [6, 6.07) is 11.3. The van der Waals surface area contributed by atoms with Gasteiger partial charge in [-0.2, -0.15) is 4.98 Å². The van der Waals surface area contributed by atoms with E-state index in [-0.39, 0.29) is 12.3 Å². The summed E-state index contributed by atoms with van der Waals surface area (Å²) in [5.41, 5.74) is 3.74. The van der Waals surface area contributed by atoms with Crippen molar-refractivity contribution in [1.82, 2.24) is 10.1 Å². The van der Waals surface area contributed by atoms with Crippen LogP contribution >= 0.6 is 0 Å². The fourth-order valence-electron chi connectivity index (χ4n) is 2.94. The van der Waals surface area contributed by atoms with Crippen LogP contribution in [0.4, 0.5) is 5.69 Å². The van der Waals surface area contributed by atoms with Crippen LogP contribution in [0.3, 0.4) is 0 Å². The molecule has 0 saturated heterocycles. The van der Waals surface area contributed by atoms with Crippen molar-refractivity contribution < 1.29 is 18.8 Å². The third-order valence-corrected chi connectivity index (χ3v) is 4.18. The summed E-state index contributed by atoms with van der Waals surface area (Å²) in [7, 11) is 3.14. The number of rotatable bonds is 7. The molecule has 0 bridgehead atoms. The van der Waals surface area contributed by atoms with E-state index in [0.717, 1.165) is 22.4 Å². The summed E-state index contributed by atoms with van der Waals surface area (Å²) in [6.45, 7) is 3.99. The van der Waals surface area contributed by atoms with Gasteiger partial charge in [0.25, 0.3) is 0 Å². The maximum absolute atomic E-state index is 12.2. The number of aryl methyl sites for hydroxylation is 3. The number of aromatic nitrogens is 2. The molecule has 2 aromatic carbocycles. The second-order valence-electron chi connectivity index (χ2n) is 6.51. The molecule has 0 radical (unpaired) electrons. The van der Waals surface area contributed by atoms with Gasteiger partial charge in [0, 0.05) is 24.1 Å². The Kier molecular flexibility index (Phi) is 5.93. The van der Waals surface area contributed by atoms with Gasteiger partial charge in [0.15, 0.2) is 11.5 Å². The molecule has 3 aromatic rings. The van der Waals surface area contributed by atoms with E-state index < -0.39 is 0 Å². The second-order valence-corrected chi connectivity index (χ2v) is 6.51. The Bertz CT molecular complexity index is 961. The lowest BCUT2D eigenvalue weighted by molar-refractivity contribution is -0.116. The van der Waals surface area contributed by atoms with Gasteiger partial charge >= 0.3 is 0 Å². The zero-order valence-corrected chi connectivity index (χ0v) is 16.4. The van der Waals surface area contributed by atoms with Crippen LogP contribution in [0.15, 0.2) is 40.9 Å². The number of nitrogens with one attached hydrogen (secondary N) is 1. The van der Waals surface area contributed by atoms with Crippen LogP contribution < -0.4 is 14.8 Å². The Balaban J connectivity index is 1.62. The van der Waals surface area contributed by atoms with Crippen molar-refractivity contribution in [2.75, 3.05) is 19.5 Å². The van der Waals surface area contributed by atoms with Crippen molar-refractivity contribution in [3.63, 3.8) is 0 Å². The number of anilines is 1. The van der Waals surface area contributed by atoms with Crippen LogP contribution in [0.2, 0.25) is 0 Å². The van der Waals surface area contributed by atoms with Gasteiger partial charge < -0.3 is 19.3 Å². The van der Waals surface area contributed by atoms with E-state index in [1.807, 2.05) is 32.0 Å². The lowest BCUT2D eigenvalue weighted by atomic mass is 10.1. The standard InChI is InChI=1S/C21H23N3O4/c1-13-9-14(2)11-16(10-13)22-19(25)7-8-20-23-21(24-28-20)15-5-6-17(26-3)18(12-15)27-4/h5-6,9-12H,7-8H2,1-4H3,(H,22,25). The van der Waals surface area contributed by atoms with Gasteiger partial charge in [0.1, 0.15) is 0 Å². The summed E-state index contributed by atoms with van der Waals surface area (Å²) in [5, 5.41) is 6.89. The molecular weight excluding hydrogens is 358 g/mol. The molecule has 0 atom stereocenters.